The van der Waals surface area contributed by atoms with Crippen molar-refractivity contribution in [3.63, 3.8) is 0 Å². The van der Waals surface area contributed by atoms with Crippen LogP contribution in [0.15, 0.2) is 24.3 Å². The van der Waals surface area contributed by atoms with Crippen molar-refractivity contribution in [2.24, 2.45) is 11.8 Å². The van der Waals surface area contributed by atoms with Crippen molar-refractivity contribution in [3.05, 3.63) is 29.8 Å². The number of amides is 2. The zero-order valence-corrected chi connectivity index (χ0v) is 15.0. The summed E-state index contributed by atoms with van der Waals surface area (Å²) >= 11 is 0. The highest BCUT2D eigenvalue weighted by atomic mass is 16.7. The van der Waals surface area contributed by atoms with Crippen LogP contribution < -0.4 is 20.1 Å². The molecular formula is C20H24N2O5. The van der Waals surface area contributed by atoms with Crippen LogP contribution in [0.4, 0.5) is 0 Å². The minimum absolute atomic E-state index is 0.173. The molecule has 1 aromatic carbocycles. The molecule has 2 saturated carbocycles. The van der Waals surface area contributed by atoms with Crippen molar-refractivity contribution in [3.8, 4) is 11.5 Å². The van der Waals surface area contributed by atoms with Gasteiger partial charge in [-0.3, -0.25) is 9.59 Å². The normalized spacial score (nSPS) is 26.3. The van der Waals surface area contributed by atoms with Crippen molar-refractivity contribution in [2.75, 3.05) is 13.4 Å². The lowest BCUT2D eigenvalue weighted by Gasteiger charge is -2.25. The molecule has 27 heavy (non-hydrogen) atoms. The number of aliphatic hydroxyl groups excluding tert-OH is 1. The van der Waals surface area contributed by atoms with E-state index < -0.39 is 18.6 Å². The van der Waals surface area contributed by atoms with Crippen LogP contribution in [0.2, 0.25) is 0 Å². The summed E-state index contributed by atoms with van der Waals surface area (Å²) in [4.78, 5) is 24.5. The monoisotopic (exact) mass is 372 g/mol. The summed E-state index contributed by atoms with van der Waals surface area (Å²) in [7, 11) is 0. The molecule has 2 bridgehead atoms. The minimum Gasteiger partial charge on any atom is -0.454 e. The molecule has 4 unspecified atom stereocenters. The molecule has 0 spiro atoms. The van der Waals surface area contributed by atoms with Gasteiger partial charge in [0.25, 0.3) is 0 Å². The maximum absolute atomic E-state index is 12.4. The summed E-state index contributed by atoms with van der Waals surface area (Å²) < 4.78 is 10.5. The van der Waals surface area contributed by atoms with Gasteiger partial charge < -0.3 is 25.2 Å². The number of hydrogen-bond donors (Lipinski definition) is 3. The largest absolute Gasteiger partial charge is 0.454 e. The molecule has 4 atom stereocenters. The van der Waals surface area contributed by atoms with Crippen LogP contribution in [-0.4, -0.2) is 42.4 Å². The van der Waals surface area contributed by atoms with Gasteiger partial charge in [0.15, 0.2) is 11.5 Å². The lowest BCUT2D eigenvalue weighted by atomic mass is 9.95. The maximum atomic E-state index is 12.4. The number of hydrogen-bond acceptors (Lipinski definition) is 5. The summed E-state index contributed by atoms with van der Waals surface area (Å²) in [5.74, 6) is 1.81. The highest BCUT2D eigenvalue weighted by molar-refractivity contribution is 5.95. The van der Waals surface area contributed by atoms with E-state index in [0.29, 0.717) is 23.3 Å². The molecule has 0 aromatic heterocycles. The molecule has 1 aliphatic heterocycles. The molecule has 7 nitrogen and oxygen atoms in total. The van der Waals surface area contributed by atoms with Crippen molar-refractivity contribution < 1.29 is 24.2 Å². The van der Waals surface area contributed by atoms with E-state index in [9.17, 15) is 14.7 Å². The van der Waals surface area contributed by atoms with Crippen LogP contribution in [0.25, 0.3) is 6.08 Å². The minimum atomic E-state index is -0.946. The zero-order chi connectivity index (χ0) is 18.8. The fourth-order valence-corrected chi connectivity index (χ4v) is 4.31. The lowest BCUT2D eigenvalue weighted by molar-refractivity contribution is -0.128. The molecule has 7 heteroatoms. The standard InChI is InChI=1S/C20H24N2O5/c23-10-16(20(25)22-15-8-13-1-4-14(15)7-13)21-19(24)6-3-12-2-5-17-18(9-12)27-11-26-17/h2-3,5-6,9,13-16,23H,1,4,7-8,10-11H2,(H,21,24)(H,22,25). The number of rotatable bonds is 6. The van der Waals surface area contributed by atoms with Crippen LogP contribution >= 0.6 is 0 Å². The predicted molar refractivity (Wildman–Crippen MR) is 98.0 cm³/mol. The van der Waals surface area contributed by atoms with Gasteiger partial charge in [0.05, 0.1) is 6.61 Å². The third-order valence-corrected chi connectivity index (χ3v) is 5.71. The Bertz CT molecular complexity index is 763. The molecule has 2 amide bonds. The molecule has 1 heterocycles. The fourth-order valence-electron chi connectivity index (χ4n) is 4.31. The van der Waals surface area contributed by atoms with Crippen LogP contribution in [-0.2, 0) is 9.59 Å². The molecule has 4 rings (SSSR count). The Balaban J connectivity index is 1.31. The molecule has 0 saturated heterocycles. The number of fused-ring (bicyclic) bond motifs is 3. The van der Waals surface area contributed by atoms with E-state index in [4.69, 9.17) is 9.47 Å². The van der Waals surface area contributed by atoms with Crippen LogP contribution in [0, 0.1) is 11.8 Å². The maximum Gasteiger partial charge on any atom is 0.245 e. The second-order valence-corrected chi connectivity index (χ2v) is 7.48. The van der Waals surface area contributed by atoms with E-state index in [1.54, 1.807) is 18.2 Å². The van der Waals surface area contributed by atoms with Gasteiger partial charge in [-0.15, -0.1) is 0 Å². The molecule has 2 fully saturated rings. The van der Waals surface area contributed by atoms with Gasteiger partial charge in [-0.05, 0) is 54.9 Å². The van der Waals surface area contributed by atoms with E-state index in [-0.39, 0.29) is 18.7 Å². The van der Waals surface area contributed by atoms with Crippen molar-refractivity contribution in [1.82, 2.24) is 10.6 Å². The predicted octanol–water partition coefficient (Wildman–Crippen LogP) is 1.21. The third-order valence-electron chi connectivity index (χ3n) is 5.71. The summed E-state index contributed by atoms with van der Waals surface area (Å²) in [5, 5.41) is 15.1. The van der Waals surface area contributed by atoms with E-state index in [1.807, 2.05) is 6.07 Å². The number of carbonyl (C=O) groups excluding carboxylic acids is 2. The molecular weight excluding hydrogens is 348 g/mol. The molecule has 1 aromatic rings. The Labute approximate surface area is 157 Å². The highest BCUT2D eigenvalue weighted by Gasteiger charge is 2.40. The number of ether oxygens (including phenoxy) is 2. The number of benzene rings is 1. The highest BCUT2D eigenvalue weighted by Crippen LogP contribution is 2.44. The summed E-state index contributed by atoms with van der Waals surface area (Å²) in [6.07, 6.45) is 7.56. The molecule has 3 aliphatic rings. The van der Waals surface area contributed by atoms with Crippen LogP contribution in [0.1, 0.15) is 31.2 Å². The Morgan fingerprint density at radius 1 is 1.22 bits per heavy atom. The smallest absolute Gasteiger partial charge is 0.245 e. The van der Waals surface area contributed by atoms with E-state index >= 15 is 0 Å². The SMILES string of the molecule is O=C(C=Cc1ccc2c(c1)OCO2)NC(CO)C(=O)NC1CC2CCC1C2. The second-order valence-electron chi connectivity index (χ2n) is 7.48. The van der Waals surface area contributed by atoms with Crippen molar-refractivity contribution in [1.29, 1.82) is 0 Å². The van der Waals surface area contributed by atoms with Crippen LogP contribution in [0.3, 0.4) is 0 Å². The first-order valence-electron chi connectivity index (χ1n) is 9.42. The zero-order valence-electron chi connectivity index (χ0n) is 15.0. The van der Waals surface area contributed by atoms with Gasteiger partial charge >= 0.3 is 0 Å². The van der Waals surface area contributed by atoms with Crippen molar-refractivity contribution >= 4 is 17.9 Å². The summed E-state index contributed by atoms with van der Waals surface area (Å²) in [6.45, 7) is -0.241. The average molecular weight is 372 g/mol. The van der Waals surface area contributed by atoms with E-state index in [2.05, 4.69) is 10.6 Å². The van der Waals surface area contributed by atoms with Gasteiger partial charge in [0.1, 0.15) is 6.04 Å². The van der Waals surface area contributed by atoms with Gasteiger partial charge in [-0.25, -0.2) is 0 Å². The molecule has 144 valence electrons. The van der Waals surface area contributed by atoms with E-state index in [0.717, 1.165) is 18.4 Å². The summed E-state index contributed by atoms with van der Waals surface area (Å²) in [5.41, 5.74) is 0.779. The topological polar surface area (TPSA) is 96.9 Å². The fraction of sp³-hybridized carbons (Fsp3) is 0.500. The van der Waals surface area contributed by atoms with Crippen molar-refractivity contribution in [2.45, 2.75) is 37.8 Å². The Hall–Kier alpha value is -2.54. The Morgan fingerprint density at radius 2 is 2.07 bits per heavy atom. The van der Waals surface area contributed by atoms with Gasteiger partial charge in [-0.2, -0.15) is 0 Å². The number of carbonyl (C=O) groups is 2. The molecule has 2 aliphatic carbocycles. The lowest BCUT2D eigenvalue weighted by Crippen LogP contribution is -2.52. The summed E-state index contributed by atoms with van der Waals surface area (Å²) in [6, 6.07) is 4.59. The van der Waals surface area contributed by atoms with Crippen LogP contribution in [0.5, 0.6) is 11.5 Å². The molecule has 3 N–H and O–H groups in total. The second kappa shape index (κ2) is 7.60. The number of aliphatic hydroxyl groups is 1. The first kappa shape index (κ1) is 17.9. The van der Waals surface area contributed by atoms with E-state index in [1.165, 1.54) is 18.9 Å². The third kappa shape index (κ3) is 3.93. The van der Waals surface area contributed by atoms with Gasteiger partial charge in [-0.1, -0.05) is 12.5 Å². The Morgan fingerprint density at radius 3 is 2.81 bits per heavy atom. The Kier molecular flexibility index (Phi) is 5.03. The van der Waals surface area contributed by atoms with Gasteiger partial charge in [0.2, 0.25) is 18.6 Å². The molecule has 0 radical (unpaired) electrons. The first-order chi connectivity index (χ1) is 13.1. The average Bonchev–Trinajstić information content (AvgIpc) is 3.40. The quantitative estimate of drug-likeness (QED) is 0.652. The number of nitrogens with one attached hydrogen (secondary N) is 2. The first-order valence-corrected chi connectivity index (χ1v) is 9.42. The van der Waals surface area contributed by atoms with Gasteiger partial charge in [0, 0.05) is 12.1 Å².